The van der Waals surface area contributed by atoms with Crippen LogP contribution < -0.4 is 4.72 Å². The first-order chi connectivity index (χ1) is 11.0. The van der Waals surface area contributed by atoms with E-state index in [4.69, 9.17) is 0 Å². The predicted molar refractivity (Wildman–Crippen MR) is 94.8 cm³/mol. The first-order valence-corrected chi connectivity index (χ1v) is 9.72. The van der Waals surface area contributed by atoms with E-state index < -0.39 is 10.0 Å². The maximum Gasteiger partial charge on any atom is 0.241 e. The minimum absolute atomic E-state index is 0.0799. The van der Waals surface area contributed by atoms with Crippen molar-refractivity contribution in [2.45, 2.75) is 23.7 Å². The van der Waals surface area contributed by atoms with Crippen molar-refractivity contribution in [1.82, 2.24) is 4.72 Å². The lowest BCUT2D eigenvalue weighted by Crippen LogP contribution is -2.26. The van der Waals surface area contributed by atoms with Crippen molar-refractivity contribution >= 4 is 26.0 Å². The van der Waals surface area contributed by atoms with Gasteiger partial charge in [0.25, 0.3) is 0 Å². The predicted octanol–water partition coefficient (Wildman–Crippen LogP) is 3.28. The highest BCUT2D eigenvalue weighted by Crippen LogP contribution is 2.24. The number of hydrogen-bond acceptors (Lipinski definition) is 3. The molecule has 0 fully saturated rings. The van der Waals surface area contributed by atoms with Gasteiger partial charge in [-0.2, -0.15) is 0 Å². The van der Waals surface area contributed by atoms with Crippen LogP contribution in [0.5, 0.6) is 0 Å². The van der Waals surface area contributed by atoms with Gasteiger partial charge in [-0.15, -0.1) is 0 Å². The lowest BCUT2D eigenvalue weighted by atomic mass is 9.93. The van der Waals surface area contributed by atoms with Crippen molar-refractivity contribution in [1.29, 1.82) is 0 Å². The second-order valence-electron chi connectivity index (χ2n) is 5.24. The van der Waals surface area contributed by atoms with Crippen LogP contribution in [0, 0.1) is 0 Å². The Morgan fingerprint density at radius 1 is 1.00 bits per heavy atom. The first kappa shape index (κ1) is 18.1. The zero-order chi connectivity index (χ0) is 16.7. The van der Waals surface area contributed by atoms with Gasteiger partial charge in [-0.3, -0.25) is 0 Å². The molecule has 0 amide bonds. The SMILES string of the molecule is O=S(=O)(NCCC(CCO)c1ccccc1)c1ccccc1Br. The third kappa shape index (κ3) is 5.14. The van der Waals surface area contributed by atoms with E-state index >= 15 is 0 Å². The number of aliphatic hydroxyl groups is 1. The summed E-state index contributed by atoms with van der Waals surface area (Å²) >= 11 is 3.26. The Labute approximate surface area is 145 Å². The molecule has 0 saturated carbocycles. The minimum Gasteiger partial charge on any atom is -0.396 e. The van der Waals surface area contributed by atoms with Gasteiger partial charge in [-0.05, 0) is 52.4 Å². The standard InChI is InChI=1S/C17H20BrNO3S/c18-16-8-4-5-9-17(16)23(21,22)19-12-10-15(11-13-20)14-6-2-1-3-7-14/h1-9,15,19-20H,10-13H2. The van der Waals surface area contributed by atoms with E-state index in [1.807, 2.05) is 30.3 Å². The summed E-state index contributed by atoms with van der Waals surface area (Å²) in [6.45, 7) is 0.403. The third-order valence-electron chi connectivity index (χ3n) is 3.66. The monoisotopic (exact) mass is 397 g/mol. The number of aliphatic hydroxyl groups excluding tert-OH is 1. The summed E-state index contributed by atoms with van der Waals surface area (Å²) in [4.78, 5) is 0.235. The van der Waals surface area contributed by atoms with Crippen molar-refractivity contribution in [2.75, 3.05) is 13.2 Å². The van der Waals surface area contributed by atoms with Crippen LogP contribution in [0.1, 0.15) is 24.3 Å². The number of halogens is 1. The second-order valence-corrected chi connectivity index (χ2v) is 7.83. The minimum atomic E-state index is -3.54. The van der Waals surface area contributed by atoms with E-state index in [0.29, 0.717) is 23.9 Å². The van der Waals surface area contributed by atoms with Crippen LogP contribution >= 0.6 is 15.9 Å². The topological polar surface area (TPSA) is 66.4 Å². The maximum atomic E-state index is 12.3. The van der Waals surface area contributed by atoms with Crippen LogP contribution in [-0.2, 0) is 10.0 Å². The van der Waals surface area contributed by atoms with Crippen molar-refractivity contribution in [2.24, 2.45) is 0 Å². The molecular weight excluding hydrogens is 378 g/mol. The highest BCUT2D eigenvalue weighted by molar-refractivity contribution is 9.10. The lowest BCUT2D eigenvalue weighted by molar-refractivity contribution is 0.273. The molecule has 0 aromatic heterocycles. The fourth-order valence-electron chi connectivity index (χ4n) is 2.47. The normalized spacial score (nSPS) is 13.0. The van der Waals surface area contributed by atoms with Crippen molar-refractivity contribution in [3.05, 3.63) is 64.6 Å². The number of rotatable bonds is 8. The molecule has 6 heteroatoms. The largest absolute Gasteiger partial charge is 0.396 e. The van der Waals surface area contributed by atoms with Gasteiger partial charge in [0.2, 0.25) is 10.0 Å². The molecule has 0 spiro atoms. The molecule has 124 valence electrons. The van der Waals surface area contributed by atoms with Gasteiger partial charge in [-0.1, -0.05) is 42.5 Å². The summed E-state index contributed by atoms with van der Waals surface area (Å²) in [6, 6.07) is 16.6. The highest BCUT2D eigenvalue weighted by Gasteiger charge is 2.18. The van der Waals surface area contributed by atoms with Crippen molar-refractivity contribution in [3.63, 3.8) is 0 Å². The molecule has 0 heterocycles. The van der Waals surface area contributed by atoms with Gasteiger partial charge in [0, 0.05) is 17.6 Å². The number of nitrogens with one attached hydrogen (secondary N) is 1. The Bertz CT molecular complexity index is 720. The summed E-state index contributed by atoms with van der Waals surface area (Å²) in [5, 5.41) is 9.23. The van der Waals surface area contributed by atoms with Gasteiger partial charge in [0.05, 0.1) is 4.90 Å². The van der Waals surface area contributed by atoms with Gasteiger partial charge in [-0.25, -0.2) is 13.1 Å². The van der Waals surface area contributed by atoms with Crippen LogP contribution in [0.15, 0.2) is 64.0 Å². The average molecular weight is 398 g/mol. The van der Waals surface area contributed by atoms with Gasteiger partial charge in [0.15, 0.2) is 0 Å². The molecule has 0 bridgehead atoms. The summed E-state index contributed by atoms with van der Waals surface area (Å²) in [5.41, 5.74) is 1.11. The summed E-state index contributed by atoms with van der Waals surface area (Å²) in [6.07, 6.45) is 1.25. The van der Waals surface area contributed by atoms with Gasteiger partial charge >= 0.3 is 0 Å². The van der Waals surface area contributed by atoms with E-state index in [2.05, 4.69) is 20.7 Å². The fraction of sp³-hybridized carbons (Fsp3) is 0.294. The Morgan fingerprint density at radius 2 is 1.65 bits per heavy atom. The van der Waals surface area contributed by atoms with E-state index in [1.54, 1.807) is 24.3 Å². The van der Waals surface area contributed by atoms with E-state index in [-0.39, 0.29) is 17.4 Å². The van der Waals surface area contributed by atoms with E-state index in [1.165, 1.54) is 0 Å². The maximum absolute atomic E-state index is 12.3. The van der Waals surface area contributed by atoms with Crippen molar-refractivity contribution < 1.29 is 13.5 Å². The first-order valence-electron chi connectivity index (χ1n) is 7.44. The van der Waals surface area contributed by atoms with Crippen LogP contribution in [0.3, 0.4) is 0 Å². The second kappa shape index (κ2) is 8.59. The fourth-order valence-corrected chi connectivity index (χ4v) is 4.52. The summed E-state index contributed by atoms with van der Waals surface area (Å²) < 4.78 is 27.9. The third-order valence-corrected chi connectivity index (χ3v) is 6.13. The highest BCUT2D eigenvalue weighted by atomic mass is 79.9. The Balaban J connectivity index is 2.01. The Hall–Kier alpha value is -1.21. The number of sulfonamides is 1. The molecule has 2 aromatic rings. The molecule has 23 heavy (non-hydrogen) atoms. The molecule has 0 aliphatic carbocycles. The summed E-state index contributed by atoms with van der Waals surface area (Å²) in [5.74, 6) is 0.128. The van der Waals surface area contributed by atoms with E-state index in [9.17, 15) is 13.5 Å². The molecule has 0 aliphatic heterocycles. The quantitative estimate of drug-likeness (QED) is 0.717. The van der Waals surface area contributed by atoms with E-state index in [0.717, 1.165) is 5.56 Å². The smallest absolute Gasteiger partial charge is 0.241 e. The summed E-state index contributed by atoms with van der Waals surface area (Å²) in [7, 11) is -3.54. The average Bonchev–Trinajstić information content (AvgIpc) is 2.55. The van der Waals surface area contributed by atoms with Crippen LogP contribution in [-0.4, -0.2) is 26.7 Å². The molecule has 0 saturated heterocycles. The molecule has 4 nitrogen and oxygen atoms in total. The number of hydrogen-bond donors (Lipinski definition) is 2. The molecule has 2 aromatic carbocycles. The molecule has 1 atom stereocenters. The Morgan fingerprint density at radius 3 is 2.30 bits per heavy atom. The van der Waals surface area contributed by atoms with Crippen LogP contribution in [0.4, 0.5) is 0 Å². The lowest BCUT2D eigenvalue weighted by Gasteiger charge is -2.17. The molecule has 1 unspecified atom stereocenters. The van der Waals surface area contributed by atoms with Gasteiger partial charge < -0.3 is 5.11 Å². The van der Waals surface area contributed by atoms with Crippen molar-refractivity contribution in [3.8, 4) is 0 Å². The van der Waals surface area contributed by atoms with Gasteiger partial charge in [0.1, 0.15) is 0 Å². The van der Waals surface area contributed by atoms with Crippen LogP contribution in [0.2, 0.25) is 0 Å². The zero-order valence-electron chi connectivity index (χ0n) is 12.7. The molecule has 2 N–H and O–H groups in total. The Kier molecular flexibility index (Phi) is 6.77. The van der Waals surface area contributed by atoms with Crippen LogP contribution in [0.25, 0.3) is 0 Å². The molecule has 2 rings (SSSR count). The molecular formula is C17H20BrNO3S. The molecule has 0 radical (unpaired) electrons. The number of benzene rings is 2. The zero-order valence-corrected chi connectivity index (χ0v) is 15.1. The molecule has 0 aliphatic rings.